The first kappa shape index (κ1) is 28.8. The Morgan fingerprint density at radius 1 is 0.970 bits per heavy atom. The van der Waals surface area contributed by atoms with Gasteiger partial charge in [0.05, 0.1) is 6.61 Å². The highest BCUT2D eigenvalue weighted by atomic mass is 16.6. The molecule has 0 fully saturated rings. The summed E-state index contributed by atoms with van der Waals surface area (Å²) in [6.45, 7) is 10.0. The van der Waals surface area contributed by atoms with E-state index >= 15 is 0 Å². The lowest BCUT2D eigenvalue weighted by Gasteiger charge is -2.24. The number of carboxylic acid groups (broad SMARTS) is 1. The van der Waals surface area contributed by atoms with Crippen LogP contribution in [0.25, 0.3) is 0 Å². The fraction of sp³-hybridized carbons (Fsp3) is 0.692. The summed E-state index contributed by atoms with van der Waals surface area (Å²) >= 11 is 0. The molecule has 0 heterocycles. The highest BCUT2D eigenvalue weighted by Gasteiger charge is 2.18. The quantitative estimate of drug-likeness (QED) is 0.280. The summed E-state index contributed by atoms with van der Waals surface area (Å²) in [6.07, 6.45) is 6.38. The van der Waals surface area contributed by atoms with Crippen LogP contribution in [0.3, 0.4) is 0 Å². The summed E-state index contributed by atoms with van der Waals surface area (Å²) in [6, 6.07) is 7.39. The lowest BCUT2D eigenvalue weighted by atomic mass is 10.1. The number of carboxylic acids is 1. The number of benzene rings is 1. The van der Waals surface area contributed by atoms with E-state index in [4.69, 9.17) is 14.2 Å². The van der Waals surface area contributed by atoms with Crippen molar-refractivity contribution < 1.29 is 28.9 Å². The Labute approximate surface area is 199 Å². The zero-order chi connectivity index (χ0) is 24.5. The molecule has 1 amide bonds. The summed E-state index contributed by atoms with van der Waals surface area (Å²) in [5, 5.41) is 9.22. The van der Waals surface area contributed by atoms with Crippen molar-refractivity contribution in [1.29, 1.82) is 0 Å². The van der Waals surface area contributed by atoms with E-state index in [1.807, 2.05) is 38.1 Å². The van der Waals surface area contributed by atoms with Crippen molar-refractivity contribution in [2.75, 3.05) is 26.3 Å². The normalized spacial score (nSPS) is 12.7. The average Bonchev–Trinajstić information content (AvgIpc) is 2.80. The SMILES string of the molecule is CCCCCCCN(CCCOc1ccc(CC(OCC)C(=O)O)cc1)C(=O)OC(C)CC. The van der Waals surface area contributed by atoms with E-state index in [1.54, 1.807) is 11.8 Å². The predicted molar refractivity (Wildman–Crippen MR) is 130 cm³/mol. The highest BCUT2D eigenvalue weighted by Crippen LogP contribution is 2.15. The van der Waals surface area contributed by atoms with Crippen LogP contribution in [0.1, 0.15) is 78.2 Å². The number of carbonyl (C=O) groups excluding carboxylic acids is 1. The second kappa shape index (κ2) is 17.2. The molecule has 0 saturated heterocycles. The Balaban J connectivity index is 2.48. The van der Waals surface area contributed by atoms with Gasteiger partial charge in [-0.05, 0) is 50.8 Å². The molecule has 7 nitrogen and oxygen atoms in total. The van der Waals surface area contributed by atoms with Gasteiger partial charge in [0, 0.05) is 26.1 Å². The minimum absolute atomic E-state index is 0.0849. The Hall–Kier alpha value is -2.28. The maximum Gasteiger partial charge on any atom is 0.410 e. The third-order valence-corrected chi connectivity index (χ3v) is 5.50. The lowest BCUT2D eigenvalue weighted by molar-refractivity contribution is -0.149. The number of aliphatic carboxylic acids is 1. The number of ether oxygens (including phenoxy) is 3. The van der Waals surface area contributed by atoms with Crippen LogP contribution >= 0.6 is 0 Å². The number of hydrogen-bond donors (Lipinski definition) is 1. The fourth-order valence-electron chi connectivity index (χ4n) is 3.33. The molecule has 7 heteroatoms. The van der Waals surface area contributed by atoms with Crippen LogP contribution in [0, 0.1) is 0 Å². The average molecular weight is 466 g/mol. The molecule has 0 aliphatic carbocycles. The summed E-state index contributed by atoms with van der Waals surface area (Å²) < 4.78 is 16.6. The summed E-state index contributed by atoms with van der Waals surface area (Å²) in [7, 11) is 0. The molecule has 188 valence electrons. The molecule has 0 aliphatic rings. The van der Waals surface area contributed by atoms with E-state index in [9.17, 15) is 14.7 Å². The van der Waals surface area contributed by atoms with Crippen LogP contribution in [0.4, 0.5) is 4.79 Å². The van der Waals surface area contributed by atoms with Gasteiger partial charge in [-0.3, -0.25) is 0 Å². The molecule has 0 radical (unpaired) electrons. The van der Waals surface area contributed by atoms with E-state index < -0.39 is 12.1 Å². The van der Waals surface area contributed by atoms with Gasteiger partial charge < -0.3 is 24.2 Å². The van der Waals surface area contributed by atoms with Gasteiger partial charge in [0.1, 0.15) is 11.9 Å². The third-order valence-electron chi connectivity index (χ3n) is 5.50. The number of carbonyl (C=O) groups is 2. The zero-order valence-electron chi connectivity index (χ0n) is 20.9. The van der Waals surface area contributed by atoms with Crippen LogP contribution in [0.15, 0.2) is 24.3 Å². The fourth-order valence-corrected chi connectivity index (χ4v) is 3.33. The second-order valence-corrected chi connectivity index (χ2v) is 8.34. The van der Waals surface area contributed by atoms with E-state index in [1.165, 1.54) is 19.3 Å². The van der Waals surface area contributed by atoms with Crippen molar-refractivity contribution in [2.45, 2.75) is 91.3 Å². The largest absolute Gasteiger partial charge is 0.494 e. The van der Waals surface area contributed by atoms with Crippen molar-refractivity contribution in [3.05, 3.63) is 29.8 Å². The first-order valence-electron chi connectivity index (χ1n) is 12.4. The molecule has 0 spiro atoms. The highest BCUT2D eigenvalue weighted by molar-refractivity contribution is 5.72. The molecule has 33 heavy (non-hydrogen) atoms. The lowest BCUT2D eigenvalue weighted by Crippen LogP contribution is -2.35. The van der Waals surface area contributed by atoms with Gasteiger partial charge >= 0.3 is 12.1 Å². The topological polar surface area (TPSA) is 85.3 Å². The van der Waals surface area contributed by atoms with Crippen LogP contribution in [-0.4, -0.2) is 60.6 Å². The van der Waals surface area contributed by atoms with Crippen molar-refractivity contribution in [2.24, 2.45) is 0 Å². The number of nitrogens with zero attached hydrogens (tertiary/aromatic N) is 1. The molecule has 0 bridgehead atoms. The monoisotopic (exact) mass is 465 g/mol. The molecule has 2 atom stereocenters. The van der Waals surface area contributed by atoms with Crippen LogP contribution in [0.2, 0.25) is 0 Å². The van der Waals surface area contributed by atoms with E-state index in [0.717, 1.165) is 30.6 Å². The van der Waals surface area contributed by atoms with Crippen molar-refractivity contribution in [3.8, 4) is 5.75 Å². The van der Waals surface area contributed by atoms with Crippen molar-refractivity contribution in [1.82, 2.24) is 4.90 Å². The minimum Gasteiger partial charge on any atom is -0.494 e. The van der Waals surface area contributed by atoms with Gasteiger partial charge in [-0.25, -0.2) is 9.59 Å². The molecular weight excluding hydrogens is 422 g/mol. The number of unbranched alkanes of at least 4 members (excludes halogenated alkanes) is 4. The molecule has 0 aliphatic heterocycles. The first-order valence-corrected chi connectivity index (χ1v) is 12.4. The van der Waals surface area contributed by atoms with E-state index in [-0.39, 0.29) is 12.2 Å². The van der Waals surface area contributed by atoms with Crippen LogP contribution < -0.4 is 4.74 Å². The van der Waals surface area contributed by atoms with Gasteiger partial charge in [-0.2, -0.15) is 0 Å². The summed E-state index contributed by atoms with van der Waals surface area (Å²) in [4.78, 5) is 25.6. The Morgan fingerprint density at radius 2 is 1.64 bits per heavy atom. The maximum atomic E-state index is 12.5. The number of amides is 1. The molecule has 1 aromatic carbocycles. The Bertz CT molecular complexity index is 663. The maximum absolute atomic E-state index is 12.5. The van der Waals surface area contributed by atoms with E-state index in [0.29, 0.717) is 39.1 Å². The van der Waals surface area contributed by atoms with Gasteiger partial charge in [-0.1, -0.05) is 51.7 Å². The smallest absolute Gasteiger partial charge is 0.410 e. The minimum atomic E-state index is -0.959. The van der Waals surface area contributed by atoms with Gasteiger partial charge in [-0.15, -0.1) is 0 Å². The van der Waals surface area contributed by atoms with Crippen molar-refractivity contribution in [3.63, 3.8) is 0 Å². The molecule has 0 aromatic heterocycles. The predicted octanol–water partition coefficient (Wildman–Crippen LogP) is 5.70. The third kappa shape index (κ3) is 12.5. The first-order chi connectivity index (χ1) is 15.9. The molecule has 2 unspecified atom stereocenters. The van der Waals surface area contributed by atoms with Crippen LogP contribution in [-0.2, 0) is 20.7 Å². The summed E-state index contributed by atoms with van der Waals surface area (Å²) in [5.74, 6) is -0.241. The molecule has 1 rings (SSSR count). The zero-order valence-corrected chi connectivity index (χ0v) is 20.9. The molecule has 1 aromatic rings. The van der Waals surface area contributed by atoms with Crippen LogP contribution in [0.5, 0.6) is 5.75 Å². The molecule has 1 N–H and O–H groups in total. The number of rotatable bonds is 18. The Kier molecular flexibility index (Phi) is 15.0. The molecular formula is C26H43NO6. The standard InChI is InChI=1S/C26H43NO6/c1-5-8-9-10-11-17-27(26(30)33-21(4)6-2)18-12-19-32-23-15-13-22(14-16-23)20-24(25(28)29)31-7-3/h13-16,21,24H,5-12,17-20H2,1-4H3,(H,28,29). The molecule has 0 saturated carbocycles. The van der Waals surface area contributed by atoms with Gasteiger partial charge in [0.2, 0.25) is 0 Å². The second-order valence-electron chi connectivity index (χ2n) is 8.34. The van der Waals surface area contributed by atoms with Crippen molar-refractivity contribution >= 4 is 12.1 Å². The van der Waals surface area contributed by atoms with Gasteiger partial charge in [0.15, 0.2) is 6.10 Å². The number of hydrogen-bond acceptors (Lipinski definition) is 5. The Morgan fingerprint density at radius 3 is 2.24 bits per heavy atom. The summed E-state index contributed by atoms with van der Waals surface area (Å²) in [5.41, 5.74) is 0.880. The van der Waals surface area contributed by atoms with E-state index in [2.05, 4.69) is 6.92 Å². The van der Waals surface area contributed by atoms with Gasteiger partial charge in [0.25, 0.3) is 0 Å².